The van der Waals surface area contributed by atoms with E-state index in [-0.39, 0.29) is 25.0 Å². The van der Waals surface area contributed by atoms with Gasteiger partial charge in [-0.1, -0.05) is 6.07 Å². The normalized spacial score (nSPS) is 20.6. The van der Waals surface area contributed by atoms with Crippen molar-refractivity contribution in [2.75, 3.05) is 26.2 Å². The van der Waals surface area contributed by atoms with Gasteiger partial charge in [-0.3, -0.25) is 9.78 Å². The van der Waals surface area contributed by atoms with E-state index in [0.717, 1.165) is 75.8 Å². The van der Waals surface area contributed by atoms with Gasteiger partial charge >= 0.3 is 6.18 Å². The highest BCUT2D eigenvalue weighted by molar-refractivity contribution is 5.77. The van der Waals surface area contributed by atoms with E-state index in [1.807, 2.05) is 6.07 Å². The first-order valence-electron chi connectivity index (χ1n) is 13.2. The van der Waals surface area contributed by atoms with Gasteiger partial charge in [-0.25, -0.2) is 9.97 Å². The lowest BCUT2D eigenvalue weighted by molar-refractivity contribution is -0.134. The highest BCUT2D eigenvalue weighted by Crippen LogP contribution is 2.28. The molecule has 2 aromatic rings. The number of carbonyl (C=O) groups excluding carboxylic acids is 1. The maximum absolute atomic E-state index is 12.6. The monoisotopic (exact) mass is 519 g/mol. The second kappa shape index (κ2) is 12.7. The van der Waals surface area contributed by atoms with E-state index in [9.17, 15) is 18.0 Å². The number of alkyl halides is 3. The fourth-order valence-corrected chi connectivity index (χ4v) is 5.14. The molecule has 4 rings (SSSR count). The number of hydrogen-bond donors (Lipinski definition) is 1. The standard InChI is InChI=1S/C27H36F3N5O2/c1-19-31-16-24(17-32-19)37-18-26(36)34-22-5-2-20(3-6-22)9-13-35-14-10-21-4-7-23(8-12-27(28,29)30)33-25(21)11-15-35/h4,7,16-17,20,22H,2-3,5-6,8-15,18H2,1H3,(H,34,36)/t20-,22-. The molecule has 1 N–H and O–H groups in total. The Morgan fingerprint density at radius 2 is 1.84 bits per heavy atom. The molecular weight excluding hydrogens is 483 g/mol. The molecule has 0 bridgehead atoms. The van der Waals surface area contributed by atoms with E-state index in [1.54, 1.807) is 25.4 Å². The number of fused-ring (bicyclic) bond motifs is 1. The molecule has 10 heteroatoms. The van der Waals surface area contributed by atoms with Crippen LogP contribution in [0.15, 0.2) is 24.5 Å². The maximum Gasteiger partial charge on any atom is 0.389 e. The molecule has 0 radical (unpaired) electrons. The van der Waals surface area contributed by atoms with Crippen molar-refractivity contribution in [2.45, 2.75) is 76.9 Å². The van der Waals surface area contributed by atoms with E-state index < -0.39 is 12.6 Å². The van der Waals surface area contributed by atoms with Crippen molar-refractivity contribution in [1.82, 2.24) is 25.2 Å². The molecule has 0 atom stereocenters. The van der Waals surface area contributed by atoms with Crippen molar-refractivity contribution < 1.29 is 22.7 Å². The van der Waals surface area contributed by atoms with Gasteiger partial charge in [0.05, 0.1) is 12.4 Å². The number of hydrogen-bond acceptors (Lipinski definition) is 6. The van der Waals surface area contributed by atoms with Crippen LogP contribution in [0, 0.1) is 12.8 Å². The molecule has 0 saturated heterocycles. The Morgan fingerprint density at radius 3 is 2.57 bits per heavy atom. The van der Waals surface area contributed by atoms with Gasteiger partial charge in [-0.2, -0.15) is 13.2 Å². The highest BCUT2D eigenvalue weighted by atomic mass is 19.4. The number of nitrogens with zero attached hydrogens (tertiary/aromatic N) is 4. The zero-order valence-corrected chi connectivity index (χ0v) is 21.4. The highest BCUT2D eigenvalue weighted by Gasteiger charge is 2.27. The average Bonchev–Trinajstić information content (AvgIpc) is 3.08. The molecule has 1 saturated carbocycles. The third-order valence-corrected chi connectivity index (χ3v) is 7.35. The summed E-state index contributed by atoms with van der Waals surface area (Å²) >= 11 is 0. The van der Waals surface area contributed by atoms with Crippen molar-refractivity contribution in [1.29, 1.82) is 0 Å². The van der Waals surface area contributed by atoms with Gasteiger partial charge in [0, 0.05) is 43.4 Å². The molecule has 37 heavy (non-hydrogen) atoms. The zero-order chi connectivity index (χ0) is 26.3. The molecule has 2 aliphatic rings. The number of amides is 1. The van der Waals surface area contributed by atoms with Crippen LogP contribution in [-0.2, 0) is 24.1 Å². The molecule has 1 fully saturated rings. The molecule has 2 aromatic heterocycles. The summed E-state index contributed by atoms with van der Waals surface area (Å²) in [6, 6.07) is 3.90. The summed E-state index contributed by atoms with van der Waals surface area (Å²) in [5.41, 5.74) is 2.65. The first-order valence-corrected chi connectivity index (χ1v) is 13.2. The first kappa shape index (κ1) is 27.3. The lowest BCUT2D eigenvalue weighted by Gasteiger charge is -2.30. The van der Waals surface area contributed by atoms with Gasteiger partial charge in [-0.05, 0) is 76.0 Å². The largest absolute Gasteiger partial charge is 0.481 e. The van der Waals surface area contributed by atoms with Crippen LogP contribution in [0.1, 0.15) is 61.3 Å². The topological polar surface area (TPSA) is 80.2 Å². The maximum atomic E-state index is 12.6. The SMILES string of the molecule is Cc1ncc(OCC(=O)N[C@H]2CC[C@H](CCN3CCc4ccc(CCC(F)(F)F)nc4CC3)CC2)cn1. The summed E-state index contributed by atoms with van der Waals surface area (Å²) in [5, 5.41) is 3.08. The Balaban J connectivity index is 1.13. The van der Waals surface area contributed by atoms with Crippen molar-refractivity contribution in [3.63, 3.8) is 0 Å². The summed E-state index contributed by atoms with van der Waals surface area (Å²) in [7, 11) is 0. The minimum absolute atomic E-state index is 0.0393. The molecule has 3 heterocycles. The number of carbonyl (C=O) groups is 1. The number of nitrogens with one attached hydrogen (secondary N) is 1. The molecule has 0 unspecified atom stereocenters. The second-order valence-electron chi connectivity index (χ2n) is 10.2. The van der Waals surface area contributed by atoms with E-state index in [4.69, 9.17) is 4.74 Å². The van der Waals surface area contributed by atoms with Gasteiger partial charge in [0.15, 0.2) is 12.4 Å². The second-order valence-corrected chi connectivity index (χ2v) is 10.2. The van der Waals surface area contributed by atoms with Gasteiger partial charge < -0.3 is 15.0 Å². The van der Waals surface area contributed by atoms with Crippen LogP contribution in [-0.4, -0.2) is 64.2 Å². The molecule has 0 aromatic carbocycles. The quantitative estimate of drug-likeness (QED) is 0.535. The summed E-state index contributed by atoms with van der Waals surface area (Å²) in [5.74, 6) is 1.66. The Labute approximate surface area is 216 Å². The third kappa shape index (κ3) is 8.94. The summed E-state index contributed by atoms with van der Waals surface area (Å²) in [6.45, 7) is 4.61. The Hall–Kier alpha value is -2.75. The van der Waals surface area contributed by atoms with Crippen LogP contribution < -0.4 is 10.1 Å². The van der Waals surface area contributed by atoms with Gasteiger partial charge in [0.2, 0.25) is 0 Å². The molecular formula is C27H36F3N5O2. The van der Waals surface area contributed by atoms with E-state index in [2.05, 4.69) is 25.2 Å². The van der Waals surface area contributed by atoms with Gasteiger partial charge in [-0.15, -0.1) is 0 Å². The summed E-state index contributed by atoms with van der Waals surface area (Å²) in [6.07, 6.45) is 5.02. The number of pyridine rings is 1. The van der Waals surface area contributed by atoms with E-state index in [0.29, 0.717) is 23.2 Å². The van der Waals surface area contributed by atoms with Crippen molar-refractivity contribution in [3.05, 3.63) is 47.3 Å². The van der Waals surface area contributed by atoms with E-state index in [1.165, 1.54) is 0 Å². The smallest absolute Gasteiger partial charge is 0.389 e. The molecule has 1 amide bonds. The number of aromatic nitrogens is 3. The molecule has 202 valence electrons. The number of aryl methyl sites for hydroxylation is 2. The number of halogens is 3. The van der Waals surface area contributed by atoms with Crippen LogP contribution in [0.3, 0.4) is 0 Å². The predicted molar refractivity (Wildman–Crippen MR) is 133 cm³/mol. The average molecular weight is 520 g/mol. The number of rotatable bonds is 9. The molecule has 1 aliphatic carbocycles. The summed E-state index contributed by atoms with van der Waals surface area (Å²) < 4.78 is 43.1. The third-order valence-electron chi connectivity index (χ3n) is 7.35. The predicted octanol–water partition coefficient (Wildman–Crippen LogP) is 4.22. The van der Waals surface area contributed by atoms with Crippen molar-refractivity contribution >= 4 is 5.91 Å². The van der Waals surface area contributed by atoms with Crippen LogP contribution in [0.2, 0.25) is 0 Å². The van der Waals surface area contributed by atoms with Crippen molar-refractivity contribution in [3.8, 4) is 5.75 Å². The van der Waals surface area contributed by atoms with Crippen molar-refractivity contribution in [2.24, 2.45) is 5.92 Å². The molecule has 7 nitrogen and oxygen atoms in total. The van der Waals surface area contributed by atoms with E-state index >= 15 is 0 Å². The Morgan fingerprint density at radius 1 is 1.11 bits per heavy atom. The fourth-order valence-electron chi connectivity index (χ4n) is 5.14. The fraction of sp³-hybridized carbons (Fsp3) is 0.630. The Bertz CT molecular complexity index is 1020. The molecule has 0 spiro atoms. The zero-order valence-electron chi connectivity index (χ0n) is 21.4. The number of ether oxygens (including phenoxy) is 1. The summed E-state index contributed by atoms with van der Waals surface area (Å²) in [4.78, 5) is 27.4. The first-order chi connectivity index (χ1) is 17.7. The minimum atomic E-state index is -4.15. The lowest BCUT2D eigenvalue weighted by Crippen LogP contribution is -2.40. The molecule has 1 aliphatic heterocycles. The van der Waals surface area contributed by atoms with Crippen LogP contribution >= 0.6 is 0 Å². The lowest BCUT2D eigenvalue weighted by atomic mass is 9.84. The Kier molecular flexibility index (Phi) is 9.34. The van der Waals surface area contributed by atoms with Gasteiger partial charge in [0.25, 0.3) is 5.91 Å². The van der Waals surface area contributed by atoms with Crippen LogP contribution in [0.5, 0.6) is 5.75 Å². The minimum Gasteiger partial charge on any atom is -0.481 e. The van der Waals surface area contributed by atoms with Crippen LogP contribution in [0.25, 0.3) is 0 Å². The van der Waals surface area contributed by atoms with Gasteiger partial charge in [0.1, 0.15) is 5.82 Å². The van der Waals surface area contributed by atoms with Crippen LogP contribution in [0.4, 0.5) is 13.2 Å².